The van der Waals surface area contributed by atoms with Gasteiger partial charge in [-0.05, 0) is 13.3 Å². The summed E-state index contributed by atoms with van der Waals surface area (Å²) in [5.41, 5.74) is 0.305. The molecule has 3 atom stereocenters. The van der Waals surface area contributed by atoms with E-state index in [1.165, 1.54) is 25.5 Å². The van der Waals surface area contributed by atoms with Crippen molar-refractivity contribution in [2.75, 3.05) is 0 Å². The zero-order valence-corrected chi connectivity index (χ0v) is 14.6. The second kappa shape index (κ2) is 9.36. The van der Waals surface area contributed by atoms with Gasteiger partial charge in [0.05, 0.1) is 12.3 Å². The van der Waals surface area contributed by atoms with Gasteiger partial charge in [0.2, 0.25) is 11.7 Å². The van der Waals surface area contributed by atoms with Crippen molar-refractivity contribution < 1.29 is 34.2 Å². The Hall–Kier alpha value is -3.61. The molecule has 0 saturated carbocycles. The standard InChI is InChI=1S/C15H18N6O7/c1-7(22)11(14(25)26)19-15(27)18-8(2-3-10(23)24)13-20-12(21-28-13)9-6-16-4-5-17-9/h4-8,11,22H,2-3H2,1H3,(H,23,24)(H,25,26)(H2,18,19,27)/t7?,8-,11-/m0/s1. The molecule has 28 heavy (non-hydrogen) atoms. The van der Waals surface area contributed by atoms with Crippen LogP contribution in [0.25, 0.3) is 11.5 Å². The number of aliphatic hydroxyl groups excluding tert-OH is 1. The highest BCUT2D eigenvalue weighted by molar-refractivity contribution is 5.83. The summed E-state index contributed by atoms with van der Waals surface area (Å²) in [6.07, 6.45) is 2.48. The Balaban J connectivity index is 2.16. The number of amides is 2. The molecule has 0 aromatic carbocycles. The van der Waals surface area contributed by atoms with E-state index >= 15 is 0 Å². The molecule has 13 heteroatoms. The number of urea groups is 1. The molecule has 0 radical (unpaired) electrons. The van der Waals surface area contributed by atoms with Crippen LogP contribution >= 0.6 is 0 Å². The molecule has 0 aliphatic heterocycles. The lowest BCUT2D eigenvalue weighted by molar-refractivity contribution is -0.141. The van der Waals surface area contributed by atoms with E-state index in [-0.39, 0.29) is 24.6 Å². The number of aliphatic hydroxyl groups is 1. The molecule has 0 saturated heterocycles. The summed E-state index contributed by atoms with van der Waals surface area (Å²) < 4.78 is 5.08. The highest BCUT2D eigenvalue weighted by Gasteiger charge is 2.28. The number of nitrogens with zero attached hydrogens (tertiary/aromatic N) is 4. The van der Waals surface area contributed by atoms with Crippen LogP contribution in [0.5, 0.6) is 0 Å². The number of rotatable bonds is 9. The SMILES string of the molecule is CC(O)[C@H](NC(=O)N[C@@H](CCC(=O)O)c1nc(-c2cnccn2)no1)C(=O)O. The Bertz CT molecular complexity index is 825. The first-order chi connectivity index (χ1) is 13.3. The predicted octanol–water partition coefficient (Wildman–Crippen LogP) is -0.434. The number of hydrogen-bond donors (Lipinski definition) is 5. The molecule has 2 aromatic rings. The van der Waals surface area contributed by atoms with Gasteiger partial charge in [0.15, 0.2) is 6.04 Å². The van der Waals surface area contributed by atoms with Gasteiger partial charge in [0.25, 0.3) is 0 Å². The maximum atomic E-state index is 12.1. The predicted molar refractivity (Wildman–Crippen MR) is 89.7 cm³/mol. The van der Waals surface area contributed by atoms with Crippen LogP contribution in [0.2, 0.25) is 0 Å². The largest absolute Gasteiger partial charge is 0.481 e. The number of aromatic nitrogens is 4. The quantitative estimate of drug-likeness (QED) is 0.369. The maximum Gasteiger partial charge on any atom is 0.328 e. The zero-order valence-electron chi connectivity index (χ0n) is 14.6. The average Bonchev–Trinajstić information content (AvgIpc) is 3.13. The van der Waals surface area contributed by atoms with Crippen molar-refractivity contribution >= 4 is 18.0 Å². The van der Waals surface area contributed by atoms with E-state index in [4.69, 9.17) is 14.7 Å². The first-order valence-corrected chi connectivity index (χ1v) is 8.07. The summed E-state index contributed by atoms with van der Waals surface area (Å²) in [5.74, 6) is -2.57. The van der Waals surface area contributed by atoms with Gasteiger partial charge < -0.3 is 30.5 Å². The minimum atomic E-state index is -1.56. The number of aliphatic carboxylic acids is 2. The molecule has 0 aliphatic carbocycles. The molecule has 0 aliphatic rings. The normalized spacial score (nSPS) is 13.9. The molecule has 2 aromatic heterocycles. The minimum absolute atomic E-state index is 0.0815. The van der Waals surface area contributed by atoms with E-state index < -0.39 is 36.2 Å². The summed E-state index contributed by atoms with van der Waals surface area (Å²) >= 11 is 0. The molecule has 2 rings (SSSR count). The average molecular weight is 394 g/mol. The van der Waals surface area contributed by atoms with Crippen molar-refractivity contribution in [3.63, 3.8) is 0 Å². The Labute approximate surface area is 157 Å². The van der Waals surface area contributed by atoms with Crippen LogP contribution in [0.4, 0.5) is 4.79 Å². The molecule has 1 unspecified atom stereocenters. The molecule has 2 amide bonds. The lowest BCUT2D eigenvalue weighted by atomic mass is 10.1. The summed E-state index contributed by atoms with van der Waals surface area (Å²) in [6, 6.07) is -3.53. The first-order valence-electron chi connectivity index (χ1n) is 8.07. The maximum absolute atomic E-state index is 12.1. The van der Waals surface area contributed by atoms with Crippen LogP contribution in [-0.2, 0) is 9.59 Å². The van der Waals surface area contributed by atoms with Crippen molar-refractivity contribution in [1.29, 1.82) is 0 Å². The lowest BCUT2D eigenvalue weighted by Gasteiger charge is -2.20. The third-order valence-corrected chi connectivity index (χ3v) is 3.52. The van der Waals surface area contributed by atoms with E-state index in [0.29, 0.717) is 5.69 Å². The highest BCUT2D eigenvalue weighted by atomic mass is 16.5. The van der Waals surface area contributed by atoms with E-state index in [9.17, 15) is 19.5 Å². The van der Waals surface area contributed by atoms with Gasteiger partial charge in [-0.25, -0.2) is 14.6 Å². The molecular weight excluding hydrogens is 376 g/mol. The molecular formula is C15H18N6O7. The molecule has 2 heterocycles. The third kappa shape index (κ3) is 5.70. The molecule has 0 bridgehead atoms. The van der Waals surface area contributed by atoms with Crippen molar-refractivity contribution in [2.45, 2.75) is 38.0 Å². The van der Waals surface area contributed by atoms with Crippen molar-refractivity contribution in [2.24, 2.45) is 0 Å². The number of carboxylic acids is 2. The topological polar surface area (TPSA) is 201 Å². The molecule has 13 nitrogen and oxygen atoms in total. The van der Waals surface area contributed by atoms with Gasteiger partial charge in [-0.1, -0.05) is 5.16 Å². The Morgan fingerprint density at radius 3 is 2.54 bits per heavy atom. The Kier molecular flexibility index (Phi) is 6.92. The van der Waals surface area contributed by atoms with E-state index in [0.717, 1.165) is 0 Å². The zero-order chi connectivity index (χ0) is 20.7. The summed E-state index contributed by atoms with van der Waals surface area (Å²) in [6.45, 7) is 1.20. The van der Waals surface area contributed by atoms with Gasteiger partial charge in [0.1, 0.15) is 11.7 Å². The van der Waals surface area contributed by atoms with Crippen LogP contribution in [0.1, 0.15) is 31.7 Å². The van der Waals surface area contributed by atoms with Crippen LogP contribution in [0.15, 0.2) is 23.1 Å². The highest BCUT2D eigenvalue weighted by Crippen LogP contribution is 2.20. The van der Waals surface area contributed by atoms with E-state index in [2.05, 4.69) is 30.7 Å². The molecule has 0 spiro atoms. The second-order valence-corrected chi connectivity index (χ2v) is 5.71. The number of hydrogen-bond acceptors (Lipinski definition) is 9. The number of carboxylic acid groups (broad SMARTS) is 2. The van der Waals surface area contributed by atoms with Crippen molar-refractivity contribution in [1.82, 2.24) is 30.7 Å². The molecule has 5 N–H and O–H groups in total. The second-order valence-electron chi connectivity index (χ2n) is 5.71. The summed E-state index contributed by atoms with van der Waals surface area (Å²) in [7, 11) is 0. The minimum Gasteiger partial charge on any atom is -0.481 e. The van der Waals surface area contributed by atoms with Gasteiger partial charge in [0, 0.05) is 18.8 Å². The number of carbonyl (C=O) groups is 3. The van der Waals surface area contributed by atoms with Crippen molar-refractivity contribution in [3.05, 3.63) is 24.5 Å². The lowest BCUT2D eigenvalue weighted by Crippen LogP contribution is -2.51. The monoisotopic (exact) mass is 394 g/mol. The fourth-order valence-corrected chi connectivity index (χ4v) is 2.15. The smallest absolute Gasteiger partial charge is 0.328 e. The van der Waals surface area contributed by atoms with Crippen molar-refractivity contribution in [3.8, 4) is 11.5 Å². The Morgan fingerprint density at radius 1 is 1.21 bits per heavy atom. The van der Waals surface area contributed by atoms with Crippen LogP contribution in [0, 0.1) is 0 Å². The van der Waals surface area contributed by atoms with Gasteiger partial charge in [-0.3, -0.25) is 9.78 Å². The van der Waals surface area contributed by atoms with E-state index in [1.807, 2.05) is 0 Å². The fourth-order valence-electron chi connectivity index (χ4n) is 2.15. The van der Waals surface area contributed by atoms with Gasteiger partial charge in [-0.15, -0.1) is 0 Å². The third-order valence-electron chi connectivity index (χ3n) is 3.52. The van der Waals surface area contributed by atoms with E-state index in [1.54, 1.807) is 0 Å². The summed E-state index contributed by atoms with van der Waals surface area (Å²) in [5, 5.41) is 35.5. The molecule has 0 fully saturated rings. The van der Waals surface area contributed by atoms with Gasteiger partial charge >= 0.3 is 18.0 Å². The Morgan fingerprint density at radius 2 is 1.96 bits per heavy atom. The van der Waals surface area contributed by atoms with Crippen LogP contribution in [0.3, 0.4) is 0 Å². The molecule has 150 valence electrons. The summed E-state index contributed by atoms with van der Waals surface area (Å²) in [4.78, 5) is 46.0. The number of carbonyl (C=O) groups excluding carboxylic acids is 1. The van der Waals surface area contributed by atoms with Crippen LogP contribution < -0.4 is 10.6 Å². The van der Waals surface area contributed by atoms with Gasteiger partial charge in [-0.2, -0.15) is 4.98 Å². The van der Waals surface area contributed by atoms with Crippen LogP contribution in [-0.4, -0.2) is 65.5 Å². The fraction of sp³-hybridized carbons (Fsp3) is 0.400. The first kappa shape index (κ1) is 20.7. The number of nitrogens with one attached hydrogen (secondary N) is 2.